The van der Waals surface area contributed by atoms with Crippen molar-refractivity contribution >= 4 is 18.3 Å². The van der Waals surface area contributed by atoms with E-state index in [0.717, 1.165) is 18.5 Å². The zero-order chi connectivity index (χ0) is 17.6. The maximum absolute atomic E-state index is 12.1. The van der Waals surface area contributed by atoms with E-state index in [1.54, 1.807) is 0 Å². The highest BCUT2D eigenvalue weighted by Gasteiger charge is 2.21. The molecule has 0 saturated carbocycles. The maximum Gasteiger partial charge on any atom is 0.249 e. The number of nitrogens with zero attached hydrogens (tertiary/aromatic N) is 2. The van der Waals surface area contributed by atoms with Gasteiger partial charge in [-0.3, -0.25) is 4.79 Å². The molecular weight excluding hydrogens is 356 g/mol. The molecule has 0 radical (unpaired) electrons. The average Bonchev–Trinajstić information content (AvgIpc) is 3.13. The van der Waals surface area contributed by atoms with E-state index in [9.17, 15) is 4.79 Å². The fraction of sp³-hybridized carbons (Fsp3) is 0.500. The van der Waals surface area contributed by atoms with E-state index < -0.39 is 0 Å². The molecule has 1 aliphatic rings. The summed E-state index contributed by atoms with van der Waals surface area (Å²) in [6.07, 6.45) is 1.35. The first kappa shape index (κ1) is 20.4. The van der Waals surface area contributed by atoms with Crippen molar-refractivity contribution in [2.75, 3.05) is 19.8 Å². The summed E-state index contributed by atoms with van der Waals surface area (Å²) in [5.74, 6) is 0.861. The van der Waals surface area contributed by atoms with E-state index in [2.05, 4.69) is 39.8 Å². The fourth-order valence-corrected chi connectivity index (χ4v) is 2.75. The second-order valence-corrected chi connectivity index (χ2v) is 6.23. The minimum Gasteiger partial charge on any atom is -0.378 e. The molecule has 8 heteroatoms. The predicted molar refractivity (Wildman–Crippen MR) is 100 cm³/mol. The Hall–Kier alpha value is -1.96. The lowest BCUT2D eigenvalue weighted by Gasteiger charge is -2.23. The van der Waals surface area contributed by atoms with E-state index in [0.29, 0.717) is 31.3 Å². The first-order chi connectivity index (χ1) is 12.2. The van der Waals surface area contributed by atoms with Gasteiger partial charge in [0.15, 0.2) is 0 Å². The Morgan fingerprint density at radius 2 is 2.15 bits per heavy atom. The number of hydrogen-bond donors (Lipinski definition) is 2. The molecule has 7 nitrogen and oxygen atoms in total. The number of carbonyl (C=O) groups is 1. The SMILES string of the molecule is CCc1ccc(-c2noc(C(C)NC(=O)CC3COCCN3)n2)cc1.Cl. The quantitative estimate of drug-likeness (QED) is 0.799. The first-order valence-corrected chi connectivity index (χ1v) is 8.69. The van der Waals surface area contributed by atoms with E-state index in [4.69, 9.17) is 9.26 Å². The molecule has 1 amide bonds. The second-order valence-electron chi connectivity index (χ2n) is 6.23. The number of morpholine rings is 1. The van der Waals surface area contributed by atoms with Crippen molar-refractivity contribution in [1.29, 1.82) is 0 Å². The molecule has 1 aromatic heterocycles. The summed E-state index contributed by atoms with van der Waals surface area (Å²) in [6, 6.07) is 7.77. The van der Waals surface area contributed by atoms with Crippen molar-refractivity contribution in [3.8, 4) is 11.4 Å². The van der Waals surface area contributed by atoms with Crippen LogP contribution < -0.4 is 10.6 Å². The van der Waals surface area contributed by atoms with Crippen molar-refractivity contribution in [3.63, 3.8) is 0 Å². The molecule has 2 N–H and O–H groups in total. The van der Waals surface area contributed by atoms with Gasteiger partial charge in [-0.25, -0.2) is 0 Å². The van der Waals surface area contributed by atoms with Crippen LogP contribution in [0.2, 0.25) is 0 Å². The number of aryl methyl sites for hydroxylation is 1. The van der Waals surface area contributed by atoms with E-state index in [1.807, 2.05) is 19.1 Å². The number of ether oxygens (including phenoxy) is 1. The monoisotopic (exact) mass is 380 g/mol. The Labute approximate surface area is 159 Å². The molecule has 0 spiro atoms. The lowest BCUT2D eigenvalue weighted by atomic mass is 10.1. The molecule has 2 unspecified atom stereocenters. The van der Waals surface area contributed by atoms with Gasteiger partial charge in [-0.1, -0.05) is 36.3 Å². The molecular formula is C18H25ClN4O3. The predicted octanol–water partition coefficient (Wildman–Crippen LogP) is 2.28. The van der Waals surface area contributed by atoms with E-state index >= 15 is 0 Å². The van der Waals surface area contributed by atoms with Gasteiger partial charge in [0, 0.05) is 24.6 Å². The van der Waals surface area contributed by atoms with Gasteiger partial charge in [-0.2, -0.15) is 4.98 Å². The molecule has 0 bridgehead atoms. The highest BCUT2D eigenvalue weighted by Crippen LogP contribution is 2.19. The van der Waals surface area contributed by atoms with Crippen molar-refractivity contribution in [3.05, 3.63) is 35.7 Å². The summed E-state index contributed by atoms with van der Waals surface area (Å²) in [7, 11) is 0. The fourth-order valence-electron chi connectivity index (χ4n) is 2.75. The topological polar surface area (TPSA) is 89.3 Å². The van der Waals surface area contributed by atoms with Crippen LogP contribution in [-0.4, -0.2) is 41.8 Å². The molecule has 2 aromatic rings. The normalized spacial score (nSPS) is 18.0. The number of aromatic nitrogens is 2. The largest absolute Gasteiger partial charge is 0.378 e. The van der Waals surface area contributed by atoms with E-state index in [-0.39, 0.29) is 30.4 Å². The van der Waals surface area contributed by atoms with Gasteiger partial charge in [0.25, 0.3) is 0 Å². The lowest BCUT2D eigenvalue weighted by Crippen LogP contribution is -2.44. The number of amides is 1. The minimum atomic E-state index is -0.340. The van der Waals surface area contributed by atoms with Gasteiger partial charge in [-0.15, -0.1) is 12.4 Å². The van der Waals surface area contributed by atoms with Gasteiger partial charge < -0.3 is 19.9 Å². The van der Waals surface area contributed by atoms with Crippen LogP contribution in [0.15, 0.2) is 28.8 Å². The molecule has 2 heterocycles. The summed E-state index contributed by atoms with van der Waals surface area (Å²) < 4.78 is 10.7. The Morgan fingerprint density at radius 1 is 1.38 bits per heavy atom. The molecule has 0 aliphatic carbocycles. The Kier molecular flexibility index (Phi) is 7.56. The summed E-state index contributed by atoms with van der Waals surface area (Å²) in [4.78, 5) is 16.5. The van der Waals surface area contributed by atoms with Gasteiger partial charge in [0.1, 0.15) is 6.04 Å². The zero-order valence-electron chi connectivity index (χ0n) is 15.0. The average molecular weight is 381 g/mol. The summed E-state index contributed by atoms with van der Waals surface area (Å²) >= 11 is 0. The summed E-state index contributed by atoms with van der Waals surface area (Å²) in [5, 5.41) is 10.2. The molecule has 1 fully saturated rings. The van der Waals surface area contributed by atoms with Crippen LogP contribution in [0.3, 0.4) is 0 Å². The number of carbonyl (C=O) groups excluding carboxylic acids is 1. The van der Waals surface area contributed by atoms with Gasteiger partial charge >= 0.3 is 0 Å². The van der Waals surface area contributed by atoms with Crippen LogP contribution in [0, 0.1) is 0 Å². The Morgan fingerprint density at radius 3 is 2.81 bits per heavy atom. The van der Waals surface area contributed by atoms with Crippen LogP contribution in [0.4, 0.5) is 0 Å². The highest BCUT2D eigenvalue weighted by atomic mass is 35.5. The molecule has 142 valence electrons. The number of hydrogen-bond acceptors (Lipinski definition) is 6. The molecule has 3 rings (SSSR count). The lowest BCUT2D eigenvalue weighted by molar-refractivity contribution is -0.123. The van der Waals surface area contributed by atoms with Crippen molar-refractivity contribution in [2.45, 2.75) is 38.8 Å². The third kappa shape index (κ3) is 5.27. The zero-order valence-corrected chi connectivity index (χ0v) is 15.8. The summed E-state index contributed by atoms with van der Waals surface area (Å²) in [6.45, 7) is 5.97. The smallest absolute Gasteiger partial charge is 0.249 e. The van der Waals surface area contributed by atoms with Crippen molar-refractivity contribution < 1.29 is 14.1 Å². The third-order valence-corrected chi connectivity index (χ3v) is 4.24. The van der Waals surface area contributed by atoms with Crippen LogP contribution in [-0.2, 0) is 16.0 Å². The third-order valence-electron chi connectivity index (χ3n) is 4.24. The second kappa shape index (κ2) is 9.66. The number of benzene rings is 1. The van der Waals surface area contributed by atoms with Gasteiger partial charge in [0.2, 0.25) is 17.6 Å². The number of rotatable bonds is 6. The molecule has 1 aromatic carbocycles. The van der Waals surface area contributed by atoms with Crippen molar-refractivity contribution in [1.82, 2.24) is 20.8 Å². The van der Waals surface area contributed by atoms with Crippen LogP contribution in [0.1, 0.15) is 37.8 Å². The Balaban J connectivity index is 0.00000243. The molecule has 26 heavy (non-hydrogen) atoms. The molecule has 1 saturated heterocycles. The molecule has 1 aliphatic heterocycles. The van der Waals surface area contributed by atoms with Crippen molar-refractivity contribution in [2.24, 2.45) is 0 Å². The maximum atomic E-state index is 12.1. The standard InChI is InChI=1S/C18H24N4O3.ClH/c1-3-13-4-6-14(7-5-13)17-21-18(25-22-17)12(2)20-16(23)10-15-11-24-9-8-19-15;/h4-7,12,15,19H,3,8-11H2,1-2H3,(H,20,23);1H. The summed E-state index contributed by atoms with van der Waals surface area (Å²) in [5.41, 5.74) is 2.16. The van der Waals surface area contributed by atoms with Gasteiger partial charge in [-0.05, 0) is 18.9 Å². The Bertz CT molecular complexity index is 699. The molecule has 2 atom stereocenters. The number of halogens is 1. The minimum absolute atomic E-state index is 0. The number of nitrogens with one attached hydrogen (secondary N) is 2. The van der Waals surface area contributed by atoms with Gasteiger partial charge in [0.05, 0.1) is 13.2 Å². The van der Waals surface area contributed by atoms with Crippen LogP contribution in [0.5, 0.6) is 0 Å². The van der Waals surface area contributed by atoms with Crippen LogP contribution >= 0.6 is 12.4 Å². The highest BCUT2D eigenvalue weighted by molar-refractivity contribution is 5.85. The first-order valence-electron chi connectivity index (χ1n) is 8.69. The van der Waals surface area contributed by atoms with Crippen LogP contribution in [0.25, 0.3) is 11.4 Å². The van der Waals surface area contributed by atoms with E-state index in [1.165, 1.54) is 5.56 Å².